The number of aliphatic hydroxyl groups is 1. The quantitative estimate of drug-likeness (QED) is 0.711. The van der Waals surface area contributed by atoms with Gasteiger partial charge in [0.2, 0.25) is 0 Å². The van der Waals surface area contributed by atoms with Gasteiger partial charge in [-0.15, -0.1) is 0 Å². The van der Waals surface area contributed by atoms with Crippen LogP contribution in [0.15, 0.2) is 30.3 Å². The first-order valence-corrected chi connectivity index (χ1v) is 4.35. The van der Waals surface area contributed by atoms with Gasteiger partial charge in [0.25, 0.3) is 0 Å². The fourth-order valence-corrected chi connectivity index (χ4v) is 1.22. The van der Waals surface area contributed by atoms with Crippen molar-refractivity contribution in [1.82, 2.24) is 0 Å². The van der Waals surface area contributed by atoms with E-state index in [0.717, 1.165) is 12.0 Å². The van der Waals surface area contributed by atoms with Gasteiger partial charge in [-0.3, -0.25) is 0 Å². The highest BCUT2D eigenvalue weighted by molar-refractivity contribution is 5.15. The summed E-state index contributed by atoms with van der Waals surface area (Å²) in [7, 11) is 0. The molecular formula is C11H13NO. The molecule has 0 aliphatic rings. The van der Waals surface area contributed by atoms with Crippen molar-refractivity contribution in [3.63, 3.8) is 0 Å². The highest BCUT2D eigenvalue weighted by Gasteiger charge is 2.12. The Labute approximate surface area is 78.4 Å². The van der Waals surface area contributed by atoms with Crippen LogP contribution in [0.25, 0.3) is 0 Å². The van der Waals surface area contributed by atoms with Crippen molar-refractivity contribution < 1.29 is 5.11 Å². The highest BCUT2D eigenvalue weighted by atomic mass is 16.3. The average molecular weight is 175 g/mol. The van der Waals surface area contributed by atoms with Crippen LogP contribution in [0.1, 0.15) is 12.5 Å². The van der Waals surface area contributed by atoms with E-state index in [4.69, 9.17) is 5.26 Å². The molecule has 0 bridgehead atoms. The van der Waals surface area contributed by atoms with Crippen molar-refractivity contribution in [1.29, 1.82) is 5.26 Å². The van der Waals surface area contributed by atoms with E-state index in [1.165, 1.54) is 0 Å². The monoisotopic (exact) mass is 175 g/mol. The van der Waals surface area contributed by atoms with Gasteiger partial charge in [-0.05, 0) is 17.9 Å². The molecule has 2 nitrogen and oxygen atoms in total. The molecule has 0 aliphatic carbocycles. The van der Waals surface area contributed by atoms with Gasteiger partial charge in [-0.25, -0.2) is 0 Å². The molecule has 0 fully saturated rings. The van der Waals surface area contributed by atoms with Crippen LogP contribution in [0.3, 0.4) is 0 Å². The van der Waals surface area contributed by atoms with E-state index < -0.39 is 6.10 Å². The molecule has 68 valence electrons. The predicted molar refractivity (Wildman–Crippen MR) is 50.9 cm³/mol. The summed E-state index contributed by atoms with van der Waals surface area (Å²) in [5.74, 6) is -0.00704. The lowest BCUT2D eigenvalue weighted by atomic mass is 9.97. The molecule has 2 atom stereocenters. The zero-order valence-electron chi connectivity index (χ0n) is 7.64. The maximum absolute atomic E-state index is 9.23. The summed E-state index contributed by atoms with van der Waals surface area (Å²) in [5, 5.41) is 17.7. The van der Waals surface area contributed by atoms with E-state index in [1.54, 1.807) is 0 Å². The Morgan fingerprint density at radius 1 is 1.38 bits per heavy atom. The molecule has 1 aromatic rings. The molecule has 0 radical (unpaired) electrons. The number of hydrogen-bond donors (Lipinski definition) is 1. The summed E-state index contributed by atoms with van der Waals surface area (Å²) in [6.07, 6.45) is -0.115. The van der Waals surface area contributed by atoms with E-state index in [2.05, 4.69) is 0 Å². The van der Waals surface area contributed by atoms with Crippen molar-refractivity contribution >= 4 is 0 Å². The van der Waals surface area contributed by atoms with Gasteiger partial charge in [0.05, 0.1) is 6.07 Å². The average Bonchev–Trinajstić information content (AvgIpc) is 2.18. The topological polar surface area (TPSA) is 44.0 Å². The first-order valence-electron chi connectivity index (χ1n) is 4.35. The Kier molecular flexibility index (Phi) is 3.48. The number of aliphatic hydroxyl groups excluding tert-OH is 1. The third-order valence-electron chi connectivity index (χ3n) is 2.07. The van der Waals surface area contributed by atoms with Crippen LogP contribution in [-0.2, 0) is 6.42 Å². The van der Waals surface area contributed by atoms with Crippen LogP contribution in [0.4, 0.5) is 0 Å². The maximum Gasteiger partial charge on any atom is 0.143 e. The molecule has 1 rings (SSSR count). The van der Waals surface area contributed by atoms with Crippen molar-refractivity contribution in [2.75, 3.05) is 0 Å². The first-order chi connectivity index (χ1) is 6.24. The van der Waals surface area contributed by atoms with Crippen LogP contribution < -0.4 is 0 Å². The van der Waals surface area contributed by atoms with E-state index in [0.29, 0.717) is 0 Å². The SMILES string of the molecule is C[C@@H](Cc1ccccc1)[C@H](O)C#N. The predicted octanol–water partition coefficient (Wildman–Crippen LogP) is 1.75. The second-order valence-electron chi connectivity index (χ2n) is 3.24. The largest absolute Gasteiger partial charge is 0.378 e. The summed E-state index contributed by atoms with van der Waals surface area (Å²) in [5.41, 5.74) is 1.16. The third-order valence-corrected chi connectivity index (χ3v) is 2.07. The van der Waals surface area contributed by atoms with Gasteiger partial charge in [-0.1, -0.05) is 37.3 Å². The minimum absolute atomic E-state index is 0.00704. The van der Waals surface area contributed by atoms with Gasteiger partial charge in [0.1, 0.15) is 6.10 Å². The van der Waals surface area contributed by atoms with Crippen LogP contribution in [0, 0.1) is 17.2 Å². The third kappa shape index (κ3) is 2.89. The van der Waals surface area contributed by atoms with Crippen molar-refractivity contribution in [3.05, 3.63) is 35.9 Å². The molecule has 0 amide bonds. The minimum atomic E-state index is -0.861. The molecule has 2 heteroatoms. The Morgan fingerprint density at radius 2 is 2.00 bits per heavy atom. The number of nitrogens with zero attached hydrogens (tertiary/aromatic N) is 1. The summed E-state index contributed by atoms with van der Waals surface area (Å²) < 4.78 is 0. The number of hydrogen-bond acceptors (Lipinski definition) is 2. The van der Waals surface area contributed by atoms with Crippen LogP contribution in [0.2, 0.25) is 0 Å². The van der Waals surface area contributed by atoms with Crippen LogP contribution >= 0.6 is 0 Å². The fourth-order valence-electron chi connectivity index (χ4n) is 1.22. The van der Waals surface area contributed by atoms with Gasteiger partial charge in [-0.2, -0.15) is 5.26 Å². The molecule has 0 saturated carbocycles. The van der Waals surface area contributed by atoms with Crippen LogP contribution in [-0.4, -0.2) is 11.2 Å². The zero-order chi connectivity index (χ0) is 9.68. The zero-order valence-corrected chi connectivity index (χ0v) is 7.64. The lowest BCUT2D eigenvalue weighted by Crippen LogP contribution is -2.17. The van der Waals surface area contributed by atoms with Gasteiger partial charge >= 0.3 is 0 Å². The number of rotatable bonds is 3. The summed E-state index contributed by atoms with van der Waals surface area (Å²) in [6, 6.07) is 11.7. The van der Waals surface area contributed by atoms with Crippen molar-refractivity contribution in [2.24, 2.45) is 5.92 Å². The fraction of sp³-hybridized carbons (Fsp3) is 0.364. The lowest BCUT2D eigenvalue weighted by molar-refractivity contribution is 0.169. The lowest BCUT2D eigenvalue weighted by Gasteiger charge is -2.11. The van der Waals surface area contributed by atoms with Gasteiger partial charge in [0.15, 0.2) is 0 Å². The molecule has 0 spiro atoms. The van der Waals surface area contributed by atoms with E-state index in [9.17, 15) is 5.11 Å². The van der Waals surface area contributed by atoms with E-state index in [1.807, 2.05) is 43.3 Å². The standard InChI is InChI=1S/C11H13NO/c1-9(11(13)8-12)7-10-5-3-2-4-6-10/h2-6,9,11,13H,7H2,1H3/t9-,11+/m0/s1. The summed E-state index contributed by atoms with van der Waals surface area (Å²) >= 11 is 0. The molecule has 0 aliphatic heterocycles. The molecular weight excluding hydrogens is 162 g/mol. The minimum Gasteiger partial charge on any atom is -0.378 e. The molecule has 1 aromatic carbocycles. The second kappa shape index (κ2) is 4.64. The maximum atomic E-state index is 9.23. The number of nitriles is 1. The summed E-state index contributed by atoms with van der Waals surface area (Å²) in [4.78, 5) is 0. The summed E-state index contributed by atoms with van der Waals surface area (Å²) in [6.45, 7) is 1.88. The molecule has 1 N–H and O–H groups in total. The first kappa shape index (κ1) is 9.76. The molecule has 0 heterocycles. The van der Waals surface area contributed by atoms with Gasteiger partial charge < -0.3 is 5.11 Å². The second-order valence-corrected chi connectivity index (χ2v) is 3.24. The Bertz CT molecular complexity index is 289. The smallest absolute Gasteiger partial charge is 0.143 e. The van der Waals surface area contributed by atoms with Crippen molar-refractivity contribution in [2.45, 2.75) is 19.4 Å². The highest BCUT2D eigenvalue weighted by Crippen LogP contribution is 2.11. The molecule has 0 unspecified atom stereocenters. The van der Waals surface area contributed by atoms with E-state index in [-0.39, 0.29) is 5.92 Å². The molecule has 0 aromatic heterocycles. The van der Waals surface area contributed by atoms with E-state index >= 15 is 0 Å². The number of benzene rings is 1. The normalized spacial score (nSPS) is 14.5. The Balaban J connectivity index is 2.56. The van der Waals surface area contributed by atoms with Crippen molar-refractivity contribution in [3.8, 4) is 6.07 Å². The molecule has 0 saturated heterocycles. The Hall–Kier alpha value is -1.33. The molecule has 13 heavy (non-hydrogen) atoms. The van der Waals surface area contributed by atoms with Crippen LogP contribution in [0.5, 0.6) is 0 Å². The Morgan fingerprint density at radius 3 is 2.54 bits per heavy atom. The van der Waals surface area contributed by atoms with Gasteiger partial charge in [0, 0.05) is 0 Å².